The van der Waals surface area contributed by atoms with E-state index in [0.717, 1.165) is 32.1 Å². The predicted octanol–water partition coefficient (Wildman–Crippen LogP) is 6.59. The number of rotatable bonds is 18. The van der Waals surface area contributed by atoms with E-state index < -0.39 is 66.0 Å². The van der Waals surface area contributed by atoms with Gasteiger partial charge >= 0.3 is 341 Å². The number of carbonyl (C=O) groups is 4. The van der Waals surface area contributed by atoms with Crippen molar-refractivity contribution >= 4 is 73.0 Å². The van der Waals surface area contributed by atoms with Crippen molar-refractivity contribution in [1.29, 1.82) is 0 Å². The Balaban J connectivity index is 1.44. The standard InChI is InChI=1S/4C9H8O3.C6H4.2Sb/c4*1-2-12-9(11)7-3-5-8(10)6-4-7;1-2-4-6-5-3-1;;/h4*2-6,10H,1H2;1-2,5-6H;;/q;;;;;2*+2/p-4. The first-order valence-electron chi connectivity index (χ1n) is 16.3. The summed E-state index contributed by atoms with van der Waals surface area (Å²) in [5.74, 6) is -0.411. The molecule has 0 aliphatic heterocycles. The number of hydrogen-bond acceptors (Lipinski definition) is 12. The number of esters is 4. The van der Waals surface area contributed by atoms with Crippen LogP contribution < -0.4 is 19.1 Å². The fourth-order valence-electron chi connectivity index (χ4n) is 4.51. The third-order valence-corrected chi connectivity index (χ3v) is 15.6. The van der Waals surface area contributed by atoms with E-state index in [9.17, 15) is 19.2 Å². The maximum absolute atomic E-state index is 12.2. The second-order valence-corrected chi connectivity index (χ2v) is 18.7. The van der Waals surface area contributed by atoms with E-state index in [-0.39, 0.29) is 0 Å². The number of ether oxygens (including phenoxy) is 4. The van der Waals surface area contributed by atoms with Crippen LogP contribution in [0, 0.1) is 0 Å². The van der Waals surface area contributed by atoms with Gasteiger partial charge in [0.1, 0.15) is 0 Å². The van der Waals surface area contributed by atoms with Crippen LogP contribution >= 0.6 is 0 Å². The molecule has 5 aromatic rings. The average Bonchev–Trinajstić information content (AvgIpc) is 3.22. The number of benzene rings is 5. The molecule has 5 aromatic carbocycles. The van der Waals surface area contributed by atoms with Crippen molar-refractivity contribution in [2.24, 2.45) is 0 Å². The van der Waals surface area contributed by atoms with Gasteiger partial charge in [-0.25, -0.2) is 0 Å². The Morgan fingerprint density at radius 1 is 0.339 bits per heavy atom. The van der Waals surface area contributed by atoms with Crippen LogP contribution in [-0.4, -0.2) is 66.0 Å². The summed E-state index contributed by atoms with van der Waals surface area (Å²) >= 11 is -6.77. The van der Waals surface area contributed by atoms with Gasteiger partial charge in [-0.1, -0.05) is 0 Å². The van der Waals surface area contributed by atoms with Crippen molar-refractivity contribution in [1.82, 2.24) is 0 Å². The third kappa shape index (κ3) is 11.4. The molecule has 0 unspecified atom stereocenters. The molecular formula is C42H32O12Sb2. The molecule has 14 heteroatoms. The first-order valence-corrected chi connectivity index (χ1v) is 23.0. The van der Waals surface area contributed by atoms with Crippen molar-refractivity contribution in [3.63, 3.8) is 0 Å². The zero-order chi connectivity index (χ0) is 39.9. The fraction of sp³-hybridized carbons (Fsp3) is 0. The van der Waals surface area contributed by atoms with Gasteiger partial charge in [-0.3, -0.25) is 0 Å². The first kappa shape index (κ1) is 41.0. The normalized spacial score (nSPS) is 10.3. The molecular weight excluding hydrogens is 940 g/mol. The molecule has 0 amide bonds. The van der Waals surface area contributed by atoms with Gasteiger partial charge in [0.25, 0.3) is 0 Å². The van der Waals surface area contributed by atoms with Crippen LogP contribution in [0.15, 0.2) is 173 Å². The second-order valence-electron chi connectivity index (χ2n) is 10.8. The summed E-state index contributed by atoms with van der Waals surface area (Å²) < 4.78 is 46.8. The summed E-state index contributed by atoms with van der Waals surface area (Å²) in [6, 6.07) is 33.2. The van der Waals surface area contributed by atoms with Crippen molar-refractivity contribution in [3.05, 3.63) is 195 Å². The van der Waals surface area contributed by atoms with Gasteiger partial charge in [0, 0.05) is 0 Å². The molecule has 0 atom stereocenters. The monoisotopic (exact) mass is 970 g/mol. The Morgan fingerprint density at radius 3 is 0.714 bits per heavy atom. The number of hydrogen-bond donors (Lipinski definition) is 0. The molecule has 282 valence electrons. The Kier molecular flexibility index (Phi) is 15.0. The molecule has 0 N–H and O–H groups in total. The molecule has 0 bridgehead atoms. The molecule has 5 rings (SSSR count). The van der Waals surface area contributed by atoms with Gasteiger partial charge < -0.3 is 0 Å². The molecule has 0 aromatic heterocycles. The minimum atomic E-state index is -3.39. The maximum atomic E-state index is 12.2. The van der Waals surface area contributed by atoms with E-state index in [1.54, 1.807) is 97.1 Å². The molecule has 0 saturated carbocycles. The molecule has 56 heavy (non-hydrogen) atoms. The van der Waals surface area contributed by atoms with Crippen LogP contribution in [0.1, 0.15) is 41.4 Å². The Hall–Kier alpha value is -6.22. The Labute approximate surface area is 338 Å². The van der Waals surface area contributed by atoms with E-state index in [4.69, 9.17) is 31.0 Å². The van der Waals surface area contributed by atoms with Crippen LogP contribution in [0.25, 0.3) is 0 Å². The SMILES string of the molecule is C=COC(=O)c1ccc([O][Sb]([O]c2ccc(C(=O)OC=C)cc2)[c]2cc[c]([Sb]([O]c3ccc(C(=O)OC=C)cc3)[O]c3ccc(C(=O)OC=C)cc3)cc2)cc1. The minimum absolute atomic E-state index is 0.309. The van der Waals surface area contributed by atoms with Gasteiger partial charge in [-0.2, -0.15) is 0 Å². The van der Waals surface area contributed by atoms with E-state index in [1.807, 2.05) is 24.3 Å². The van der Waals surface area contributed by atoms with Crippen molar-refractivity contribution < 1.29 is 50.2 Å². The zero-order valence-corrected chi connectivity index (χ0v) is 34.6. The van der Waals surface area contributed by atoms with Crippen molar-refractivity contribution in [2.75, 3.05) is 0 Å². The first-order chi connectivity index (χ1) is 27.2. The molecule has 0 aliphatic rings. The van der Waals surface area contributed by atoms with Crippen molar-refractivity contribution in [3.8, 4) is 23.0 Å². The van der Waals surface area contributed by atoms with Gasteiger partial charge in [-0.05, 0) is 0 Å². The summed E-state index contributed by atoms with van der Waals surface area (Å²) in [5.41, 5.74) is 1.23. The van der Waals surface area contributed by atoms with Gasteiger partial charge in [0.2, 0.25) is 0 Å². The molecule has 0 saturated heterocycles. The summed E-state index contributed by atoms with van der Waals surface area (Å²) in [5, 5.41) is 0. The third-order valence-electron chi connectivity index (χ3n) is 7.15. The molecule has 12 nitrogen and oxygen atoms in total. The van der Waals surface area contributed by atoms with E-state index in [0.29, 0.717) is 45.3 Å². The second kappa shape index (κ2) is 20.5. The van der Waals surface area contributed by atoms with Crippen LogP contribution in [0.2, 0.25) is 0 Å². The van der Waals surface area contributed by atoms with Crippen LogP contribution in [-0.2, 0) is 18.9 Å². The summed E-state index contributed by atoms with van der Waals surface area (Å²) in [7, 11) is 0. The molecule has 0 radical (unpaired) electrons. The van der Waals surface area contributed by atoms with E-state index in [2.05, 4.69) is 26.3 Å². The molecule has 0 spiro atoms. The van der Waals surface area contributed by atoms with E-state index >= 15 is 0 Å². The van der Waals surface area contributed by atoms with Crippen molar-refractivity contribution in [2.45, 2.75) is 0 Å². The Morgan fingerprint density at radius 2 is 0.536 bits per heavy atom. The van der Waals surface area contributed by atoms with Crippen LogP contribution in [0.5, 0.6) is 23.0 Å². The predicted molar refractivity (Wildman–Crippen MR) is 208 cm³/mol. The van der Waals surface area contributed by atoms with Crippen LogP contribution in [0.3, 0.4) is 0 Å². The average molecular weight is 972 g/mol. The van der Waals surface area contributed by atoms with E-state index in [1.165, 1.54) is 0 Å². The van der Waals surface area contributed by atoms with Gasteiger partial charge in [0.15, 0.2) is 0 Å². The zero-order valence-electron chi connectivity index (χ0n) is 29.5. The molecule has 0 fully saturated rings. The summed E-state index contributed by atoms with van der Waals surface area (Å²) in [6.45, 7) is 13.7. The molecule has 0 heterocycles. The summed E-state index contributed by atoms with van der Waals surface area (Å²) in [6.07, 6.45) is 4.22. The fourth-order valence-corrected chi connectivity index (χ4v) is 11.7. The van der Waals surface area contributed by atoms with Crippen LogP contribution in [0.4, 0.5) is 0 Å². The molecule has 0 aliphatic carbocycles. The number of carbonyl (C=O) groups excluding carboxylic acids is 4. The van der Waals surface area contributed by atoms with Gasteiger partial charge in [0.05, 0.1) is 0 Å². The quantitative estimate of drug-likeness (QED) is 0.0405. The Bertz CT molecular complexity index is 1890. The topological polar surface area (TPSA) is 142 Å². The summed E-state index contributed by atoms with van der Waals surface area (Å²) in [4.78, 5) is 48.6. The van der Waals surface area contributed by atoms with Gasteiger partial charge in [-0.15, -0.1) is 0 Å².